The van der Waals surface area contributed by atoms with Crippen molar-refractivity contribution in [2.75, 3.05) is 19.6 Å². The minimum Gasteiger partial charge on any atom is -0.303 e. The van der Waals surface area contributed by atoms with E-state index in [2.05, 4.69) is 15.1 Å². The normalized spacial score (nSPS) is 28.9. The smallest absolute Gasteiger partial charge is 0.184 e. The zero-order valence-electron chi connectivity index (χ0n) is 11.5. The van der Waals surface area contributed by atoms with Crippen LogP contribution in [0.5, 0.6) is 0 Å². The Balaban J connectivity index is 1.56. The van der Waals surface area contributed by atoms with E-state index < -0.39 is 0 Å². The van der Waals surface area contributed by atoms with Crippen LogP contribution in [-0.2, 0) is 0 Å². The highest BCUT2D eigenvalue weighted by Crippen LogP contribution is 2.35. The van der Waals surface area contributed by atoms with Crippen molar-refractivity contribution in [2.45, 2.75) is 19.3 Å². The summed E-state index contributed by atoms with van der Waals surface area (Å²) in [4.78, 5) is 15.1. The van der Waals surface area contributed by atoms with E-state index in [0.717, 1.165) is 23.4 Å². The Morgan fingerprint density at radius 2 is 2.10 bits per heavy atom. The van der Waals surface area contributed by atoms with Crippen LogP contribution in [0.15, 0.2) is 24.3 Å². The van der Waals surface area contributed by atoms with Crippen LogP contribution >= 0.6 is 0 Å². The van der Waals surface area contributed by atoms with Gasteiger partial charge < -0.3 is 4.90 Å². The highest BCUT2D eigenvalue weighted by Gasteiger charge is 2.35. The number of para-hydroxylation sites is 1. The zero-order chi connectivity index (χ0) is 13.5. The molecule has 4 heteroatoms. The lowest BCUT2D eigenvalue weighted by Crippen LogP contribution is -2.47. The molecular weight excluding hydrogens is 250 g/mol. The number of aromatic nitrogens is 2. The quantitative estimate of drug-likeness (QED) is 0.871. The van der Waals surface area contributed by atoms with Crippen molar-refractivity contribution in [2.24, 2.45) is 11.8 Å². The molecule has 20 heavy (non-hydrogen) atoms. The van der Waals surface area contributed by atoms with E-state index in [9.17, 15) is 4.79 Å². The molecule has 0 spiro atoms. The van der Waals surface area contributed by atoms with Crippen molar-refractivity contribution in [3.8, 4) is 0 Å². The third kappa shape index (κ3) is 1.95. The zero-order valence-corrected chi connectivity index (χ0v) is 11.5. The first-order valence-electron chi connectivity index (χ1n) is 7.50. The maximum Gasteiger partial charge on any atom is 0.184 e. The van der Waals surface area contributed by atoms with Gasteiger partial charge in [-0.05, 0) is 43.8 Å². The van der Waals surface area contributed by atoms with Crippen LogP contribution in [0.4, 0.5) is 0 Å². The third-order valence-corrected chi connectivity index (χ3v) is 4.97. The van der Waals surface area contributed by atoms with E-state index in [-0.39, 0.29) is 5.78 Å². The van der Waals surface area contributed by atoms with Crippen LogP contribution in [0.3, 0.4) is 0 Å². The molecule has 1 aromatic heterocycles. The Bertz CT molecular complexity index is 640. The standard InChI is InChI=1S/C16H19N3O/c20-15(9-12-10-19-7-5-11(12)6-8-19)16-13-3-1-2-4-14(13)17-18-16/h1-4,11-12H,5-10H2,(H,17,18)/t12-/m0/s1. The van der Waals surface area contributed by atoms with E-state index in [1.807, 2.05) is 24.3 Å². The van der Waals surface area contributed by atoms with Gasteiger partial charge in [0.15, 0.2) is 5.78 Å². The molecule has 3 aliphatic heterocycles. The van der Waals surface area contributed by atoms with Crippen molar-refractivity contribution < 1.29 is 4.79 Å². The Morgan fingerprint density at radius 3 is 2.85 bits per heavy atom. The van der Waals surface area contributed by atoms with Gasteiger partial charge in [-0.15, -0.1) is 0 Å². The fourth-order valence-electron chi connectivity index (χ4n) is 3.83. The molecule has 1 aromatic carbocycles. The van der Waals surface area contributed by atoms with E-state index in [1.165, 1.54) is 25.9 Å². The molecule has 0 radical (unpaired) electrons. The maximum absolute atomic E-state index is 12.6. The molecule has 2 bridgehead atoms. The Morgan fingerprint density at radius 1 is 1.30 bits per heavy atom. The predicted molar refractivity (Wildman–Crippen MR) is 77.7 cm³/mol. The highest BCUT2D eigenvalue weighted by molar-refractivity contribution is 6.05. The molecule has 2 aromatic rings. The minimum atomic E-state index is 0.196. The van der Waals surface area contributed by atoms with Gasteiger partial charge in [0.2, 0.25) is 0 Å². The van der Waals surface area contributed by atoms with Gasteiger partial charge in [0.25, 0.3) is 0 Å². The number of hydrogen-bond donors (Lipinski definition) is 1. The summed E-state index contributed by atoms with van der Waals surface area (Å²) in [5.41, 5.74) is 1.57. The number of fused-ring (bicyclic) bond motifs is 4. The number of nitrogens with zero attached hydrogens (tertiary/aromatic N) is 2. The van der Waals surface area contributed by atoms with E-state index >= 15 is 0 Å². The van der Waals surface area contributed by atoms with Crippen molar-refractivity contribution in [1.29, 1.82) is 0 Å². The topological polar surface area (TPSA) is 49.0 Å². The van der Waals surface area contributed by atoms with Gasteiger partial charge in [0.1, 0.15) is 5.69 Å². The molecule has 0 amide bonds. The molecule has 3 fully saturated rings. The largest absolute Gasteiger partial charge is 0.303 e. The van der Waals surface area contributed by atoms with Crippen molar-refractivity contribution in [1.82, 2.24) is 15.1 Å². The van der Waals surface area contributed by atoms with Gasteiger partial charge in [-0.1, -0.05) is 18.2 Å². The monoisotopic (exact) mass is 269 g/mol. The Labute approximate surface area is 118 Å². The number of nitrogens with one attached hydrogen (secondary N) is 1. The second-order valence-electron chi connectivity index (χ2n) is 6.14. The number of ketones is 1. The van der Waals surface area contributed by atoms with E-state index in [4.69, 9.17) is 0 Å². The van der Waals surface area contributed by atoms with Gasteiger partial charge in [-0.3, -0.25) is 9.89 Å². The summed E-state index contributed by atoms with van der Waals surface area (Å²) in [7, 11) is 0. The van der Waals surface area contributed by atoms with Crippen LogP contribution in [0.1, 0.15) is 29.8 Å². The van der Waals surface area contributed by atoms with Gasteiger partial charge in [-0.25, -0.2) is 0 Å². The van der Waals surface area contributed by atoms with Crippen LogP contribution in [0.25, 0.3) is 10.9 Å². The minimum absolute atomic E-state index is 0.196. The number of Topliss-reactive ketones (excluding diaryl/α,β-unsaturated/α-hetero) is 1. The first kappa shape index (κ1) is 12.1. The SMILES string of the molecule is O=C(C[C@H]1CN2CCC1CC2)c1n[nH]c2ccccc12. The molecule has 4 nitrogen and oxygen atoms in total. The number of carbonyl (C=O) groups excluding carboxylic acids is 1. The number of benzene rings is 1. The first-order chi connectivity index (χ1) is 9.81. The summed E-state index contributed by atoms with van der Waals surface area (Å²) < 4.78 is 0. The molecule has 5 rings (SSSR count). The van der Waals surface area contributed by atoms with E-state index in [1.54, 1.807) is 0 Å². The number of H-pyrrole nitrogens is 1. The molecular formula is C16H19N3O. The van der Waals surface area contributed by atoms with E-state index in [0.29, 0.717) is 18.0 Å². The predicted octanol–water partition coefficient (Wildman–Crippen LogP) is 2.48. The molecule has 104 valence electrons. The lowest BCUT2D eigenvalue weighted by Gasteiger charge is -2.44. The molecule has 0 aliphatic carbocycles. The second kappa shape index (κ2) is 4.70. The summed E-state index contributed by atoms with van der Waals surface area (Å²) in [5, 5.41) is 8.15. The lowest BCUT2D eigenvalue weighted by molar-refractivity contribution is 0.0440. The number of carbonyl (C=O) groups is 1. The van der Waals surface area contributed by atoms with Crippen molar-refractivity contribution >= 4 is 16.7 Å². The Kier molecular flexibility index (Phi) is 2.84. The molecule has 0 saturated carbocycles. The molecule has 1 atom stereocenters. The summed E-state index contributed by atoms with van der Waals surface area (Å²) in [6.07, 6.45) is 3.18. The van der Waals surface area contributed by atoms with Gasteiger partial charge in [-0.2, -0.15) is 5.10 Å². The van der Waals surface area contributed by atoms with Crippen LogP contribution in [0.2, 0.25) is 0 Å². The number of hydrogen-bond acceptors (Lipinski definition) is 3. The summed E-state index contributed by atoms with van der Waals surface area (Å²) in [6.45, 7) is 3.54. The number of piperidine rings is 3. The summed E-state index contributed by atoms with van der Waals surface area (Å²) >= 11 is 0. The summed E-state index contributed by atoms with van der Waals surface area (Å²) in [5.74, 6) is 1.47. The first-order valence-corrected chi connectivity index (χ1v) is 7.50. The lowest BCUT2D eigenvalue weighted by atomic mass is 9.76. The molecule has 3 saturated heterocycles. The summed E-state index contributed by atoms with van der Waals surface area (Å²) in [6, 6.07) is 7.86. The fraction of sp³-hybridized carbons (Fsp3) is 0.500. The van der Waals surface area contributed by atoms with Crippen LogP contribution in [-0.4, -0.2) is 40.5 Å². The van der Waals surface area contributed by atoms with Crippen molar-refractivity contribution in [3.05, 3.63) is 30.0 Å². The average molecular weight is 269 g/mol. The van der Waals surface area contributed by atoms with Gasteiger partial charge >= 0.3 is 0 Å². The van der Waals surface area contributed by atoms with Gasteiger partial charge in [0, 0.05) is 18.4 Å². The van der Waals surface area contributed by atoms with Crippen LogP contribution < -0.4 is 0 Å². The highest BCUT2D eigenvalue weighted by atomic mass is 16.1. The molecule has 4 heterocycles. The second-order valence-corrected chi connectivity index (χ2v) is 6.14. The van der Waals surface area contributed by atoms with Gasteiger partial charge in [0.05, 0.1) is 5.52 Å². The fourth-order valence-corrected chi connectivity index (χ4v) is 3.83. The number of rotatable bonds is 3. The third-order valence-electron chi connectivity index (χ3n) is 4.97. The number of aromatic amines is 1. The van der Waals surface area contributed by atoms with Crippen LogP contribution in [0, 0.1) is 11.8 Å². The molecule has 0 unspecified atom stereocenters. The Hall–Kier alpha value is -1.68. The average Bonchev–Trinajstić information content (AvgIpc) is 2.92. The molecule has 1 N–H and O–H groups in total. The molecule has 3 aliphatic rings. The maximum atomic E-state index is 12.6. The van der Waals surface area contributed by atoms with Crippen molar-refractivity contribution in [3.63, 3.8) is 0 Å².